The highest BCUT2D eigenvalue weighted by molar-refractivity contribution is 5.76. The van der Waals surface area contributed by atoms with Crippen molar-refractivity contribution in [3.8, 4) is 5.75 Å². The van der Waals surface area contributed by atoms with E-state index in [2.05, 4.69) is 119 Å². The van der Waals surface area contributed by atoms with Gasteiger partial charge in [-0.1, -0.05) is 90.1 Å². The minimum Gasteiger partial charge on any atom is -0.494 e. The van der Waals surface area contributed by atoms with Crippen LogP contribution in [0.2, 0.25) is 0 Å². The highest BCUT2D eigenvalue weighted by atomic mass is 16.5. The van der Waals surface area contributed by atoms with Gasteiger partial charge in [0.05, 0.1) is 17.6 Å². The van der Waals surface area contributed by atoms with E-state index in [1.165, 1.54) is 22.2 Å². The van der Waals surface area contributed by atoms with Crippen molar-refractivity contribution in [2.24, 2.45) is 5.92 Å². The van der Waals surface area contributed by atoms with Crippen molar-refractivity contribution in [3.63, 3.8) is 0 Å². The molecule has 1 heterocycles. The lowest BCUT2D eigenvalue weighted by molar-refractivity contribution is 0.301. The van der Waals surface area contributed by atoms with Gasteiger partial charge >= 0.3 is 0 Å². The van der Waals surface area contributed by atoms with Gasteiger partial charge in [-0.2, -0.15) is 0 Å². The molecule has 0 saturated carbocycles. The molecule has 0 aliphatic rings. The van der Waals surface area contributed by atoms with Gasteiger partial charge in [0.25, 0.3) is 0 Å². The summed E-state index contributed by atoms with van der Waals surface area (Å²) in [6, 6.07) is 26.1. The van der Waals surface area contributed by atoms with Gasteiger partial charge in [-0.3, -0.25) is 0 Å². The number of aryl methyl sites for hydroxylation is 1. The zero-order valence-corrected chi connectivity index (χ0v) is 22.2. The lowest BCUT2D eigenvalue weighted by Crippen LogP contribution is -2.12. The molecule has 3 aromatic carbocycles. The molecule has 0 saturated heterocycles. The van der Waals surface area contributed by atoms with Crippen molar-refractivity contribution in [2.75, 3.05) is 6.61 Å². The van der Waals surface area contributed by atoms with Crippen molar-refractivity contribution >= 4 is 11.0 Å². The van der Waals surface area contributed by atoms with E-state index in [0.717, 1.165) is 36.5 Å². The van der Waals surface area contributed by atoms with Gasteiger partial charge in [-0.05, 0) is 65.1 Å². The van der Waals surface area contributed by atoms with Crippen LogP contribution in [0.4, 0.5) is 0 Å². The number of ether oxygens (including phenoxy) is 1. The van der Waals surface area contributed by atoms with Crippen molar-refractivity contribution < 1.29 is 4.74 Å². The molecule has 35 heavy (non-hydrogen) atoms. The predicted molar refractivity (Wildman–Crippen MR) is 147 cm³/mol. The van der Waals surface area contributed by atoms with Crippen LogP contribution in [-0.4, -0.2) is 16.2 Å². The minimum atomic E-state index is 0.156. The molecule has 4 aromatic rings. The lowest BCUT2D eigenvalue weighted by Gasteiger charge is -2.19. The summed E-state index contributed by atoms with van der Waals surface area (Å²) in [6.45, 7) is 15.1. The summed E-state index contributed by atoms with van der Waals surface area (Å²) in [5.74, 6) is 2.95. The summed E-state index contributed by atoms with van der Waals surface area (Å²) in [4.78, 5) is 5.05. The molecule has 4 rings (SSSR count). The van der Waals surface area contributed by atoms with Gasteiger partial charge in [0.15, 0.2) is 0 Å². The van der Waals surface area contributed by atoms with Crippen LogP contribution in [0.15, 0.2) is 72.8 Å². The Labute approximate surface area is 211 Å². The summed E-state index contributed by atoms with van der Waals surface area (Å²) < 4.78 is 8.46. The summed E-state index contributed by atoms with van der Waals surface area (Å²) >= 11 is 0. The Morgan fingerprint density at radius 2 is 1.54 bits per heavy atom. The van der Waals surface area contributed by atoms with Crippen molar-refractivity contribution in [2.45, 2.75) is 72.3 Å². The molecule has 3 heteroatoms. The largest absolute Gasteiger partial charge is 0.494 e. The molecular weight excluding hydrogens is 428 g/mol. The van der Waals surface area contributed by atoms with Crippen molar-refractivity contribution in [3.05, 3.63) is 95.3 Å². The normalized spacial score (nSPS) is 12.9. The summed E-state index contributed by atoms with van der Waals surface area (Å²) in [6.07, 6.45) is 2.04. The number of fused-ring (bicyclic) bond motifs is 1. The predicted octanol–water partition coefficient (Wildman–Crippen LogP) is 8.15. The molecule has 0 bridgehead atoms. The average molecular weight is 469 g/mol. The molecule has 0 aliphatic carbocycles. The van der Waals surface area contributed by atoms with Crippen LogP contribution in [0.25, 0.3) is 11.0 Å². The van der Waals surface area contributed by atoms with Crippen molar-refractivity contribution in [1.82, 2.24) is 9.55 Å². The Bertz CT molecular complexity index is 1230. The minimum absolute atomic E-state index is 0.156. The van der Waals surface area contributed by atoms with E-state index in [9.17, 15) is 0 Å². The van der Waals surface area contributed by atoms with E-state index in [0.29, 0.717) is 12.5 Å². The van der Waals surface area contributed by atoms with Crippen LogP contribution < -0.4 is 4.74 Å². The van der Waals surface area contributed by atoms with Gasteiger partial charge in [0.2, 0.25) is 0 Å². The molecule has 0 amide bonds. The maximum atomic E-state index is 6.08. The Morgan fingerprint density at radius 3 is 2.20 bits per heavy atom. The molecule has 1 atom stereocenters. The topological polar surface area (TPSA) is 27.1 Å². The maximum Gasteiger partial charge on any atom is 0.119 e. The Kier molecular flexibility index (Phi) is 7.64. The van der Waals surface area contributed by atoms with Gasteiger partial charge in [0, 0.05) is 12.5 Å². The van der Waals surface area contributed by atoms with Gasteiger partial charge < -0.3 is 9.30 Å². The number of benzene rings is 3. The van der Waals surface area contributed by atoms with Crippen molar-refractivity contribution in [1.29, 1.82) is 0 Å². The second kappa shape index (κ2) is 10.7. The van der Waals surface area contributed by atoms with Crippen LogP contribution in [0, 0.1) is 5.92 Å². The fourth-order valence-corrected chi connectivity index (χ4v) is 4.69. The average Bonchev–Trinajstić information content (AvgIpc) is 3.20. The number of aromatic nitrogens is 2. The molecule has 0 N–H and O–H groups in total. The zero-order chi connectivity index (χ0) is 25.0. The molecule has 1 unspecified atom stereocenters. The van der Waals surface area contributed by atoms with Gasteiger partial charge in [-0.15, -0.1) is 0 Å². The molecule has 0 fully saturated rings. The Morgan fingerprint density at radius 1 is 0.857 bits per heavy atom. The van der Waals surface area contributed by atoms with E-state index in [1.807, 2.05) is 0 Å². The summed E-state index contributed by atoms with van der Waals surface area (Å²) in [5.41, 5.74) is 6.44. The first kappa shape index (κ1) is 25.0. The first-order valence-corrected chi connectivity index (χ1v) is 13.0. The fraction of sp³-hybridized carbons (Fsp3) is 0.406. The monoisotopic (exact) mass is 468 g/mol. The third-order valence-corrected chi connectivity index (χ3v) is 6.71. The molecule has 0 spiro atoms. The van der Waals surface area contributed by atoms with Crippen LogP contribution in [0.5, 0.6) is 5.75 Å². The Balaban J connectivity index is 1.47. The van der Waals surface area contributed by atoms with E-state index < -0.39 is 0 Å². The lowest BCUT2D eigenvalue weighted by atomic mass is 9.87. The first-order valence-electron chi connectivity index (χ1n) is 13.0. The molecule has 3 nitrogen and oxygen atoms in total. The van der Waals surface area contributed by atoms with Crippen LogP contribution in [0.1, 0.15) is 76.4 Å². The number of hydrogen-bond donors (Lipinski definition) is 0. The highest BCUT2D eigenvalue weighted by Gasteiger charge is 2.18. The second-order valence-electron chi connectivity index (χ2n) is 11.1. The van der Waals surface area contributed by atoms with Gasteiger partial charge in [0.1, 0.15) is 11.6 Å². The maximum absolute atomic E-state index is 6.08. The van der Waals surface area contributed by atoms with Crippen LogP contribution in [-0.2, 0) is 18.4 Å². The van der Waals surface area contributed by atoms with E-state index in [4.69, 9.17) is 9.72 Å². The van der Waals surface area contributed by atoms with E-state index in [1.54, 1.807) is 0 Å². The highest BCUT2D eigenvalue weighted by Crippen LogP contribution is 2.28. The summed E-state index contributed by atoms with van der Waals surface area (Å²) in [5, 5.41) is 0. The van der Waals surface area contributed by atoms with Crippen LogP contribution in [0.3, 0.4) is 0 Å². The molecule has 184 valence electrons. The van der Waals surface area contributed by atoms with Crippen LogP contribution >= 0.6 is 0 Å². The number of rotatable bonds is 9. The second-order valence-corrected chi connectivity index (χ2v) is 11.1. The number of para-hydroxylation sites is 2. The number of nitrogens with zero attached hydrogens (tertiary/aromatic N) is 2. The quantitative estimate of drug-likeness (QED) is 0.232. The number of hydrogen-bond acceptors (Lipinski definition) is 2. The third kappa shape index (κ3) is 6.14. The molecular formula is C32H40N2O. The smallest absolute Gasteiger partial charge is 0.119 e. The summed E-state index contributed by atoms with van der Waals surface area (Å²) in [7, 11) is 0. The Hall–Kier alpha value is -3.07. The first-order chi connectivity index (χ1) is 16.7. The third-order valence-electron chi connectivity index (χ3n) is 6.71. The zero-order valence-electron chi connectivity index (χ0n) is 22.2. The molecule has 0 radical (unpaired) electrons. The van der Waals surface area contributed by atoms with E-state index in [-0.39, 0.29) is 11.3 Å². The molecule has 1 aromatic heterocycles. The van der Waals surface area contributed by atoms with E-state index >= 15 is 0 Å². The molecule has 0 aliphatic heterocycles. The number of imidazole rings is 1. The fourth-order valence-electron chi connectivity index (χ4n) is 4.69. The standard InChI is InChI=1S/C32H40N2O/c1-23(2)22-25-12-14-26(15-13-25)24(3)31-33-29-10-7-8-11-30(29)34(31)20-9-21-35-28-18-16-27(17-19-28)32(4,5)6/h7-8,10-19,23-24H,9,20-22H2,1-6H3. The SMILES string of the molecule is CC(C)Cc1ccc(C(C)c2nc3ccccc3n2CCCOc2ccc(C(C)(C)C)cc2)cc1. The van der Waals surface area contributed by atoms with Gasteiger partial charge in [-0.25, -0.2) is 4.98 Å².